The maximum Gasteiger partial charge on any atom is 0.142 e. The average Bonchev–Trinajstić information content (AvgIpc) is 2.38. The van der Waals surface area contributed by atoms with Crippen LogP contribution in [0.1, 0.15) is 17.2 Å². The van der Waals surface area contributed by atoms with Crippen molar-refractivity contribution < 1.29 is 13.2 Å². The second-order valence-electron chi connectivity index (χ2n) is 4.00. The van der Waals surface area contributed by atoms with Crippen LogP contribution in [-0.4, -0.2) is 7.05 Å². The summed E-state index contributed by atoms with van der Waals surface area (Å²) >= 11 is 3.06. The number of benzene rings is 2. The van der Waals surface area contributed by atoms with E-state index in [9.17, 15) is 13.2 Å². The SMILES string of the molecule is CNC(c1cccc(Br)c1F)c1c(F)cccc1F. The topological polar surface area (TPSA) is 12.0 Å². The number of rotatable bonds is 3. The summed E-state index contributed by atoms with van der Waals surface area (Å²) in [6.07, 6.45) is 0. The molecule has 1 nitrogen and oxygen atoms in total. The van der Waals surface area contributed by atoms with Crippen molar-refractivity contribution in [3.8, 4) is 0 Å². The lowest BCUT2D eigenvalue weighted by atomic mass is 9.97. The van der Waals surface area contributed by atoms with E-state index in [-0.39, 0.29) is 15.6 Å². The fraction of sp³-hybridized carbons (Fsp3) is 0.143. The van der Waals surface area contributed by atoms with E-state index in [2.05, 4.69) is 21.2 Å². The first kappa shape index (κ1) is 14.1. The van der Waals surface area contributed by atoms with Crippen LogP contribution in [0.4, 0.5) is 13.2 Å². The van der Waals surface area contributed by atoms with E-state index in [0.29, 0.717) is 0 Å². The van der Waals surface area contributed by atoms with E-state index in [1.54, 1.807) is 6.07 Å². The van der Waals surface area contributed by atoms with Crippen molar-refractivity contribution in [3.63, 3.8) is 0 Å². The normalized spacial score (nSPS) is 12.5. The molecule has 0 aliphatic rings. The van der Waals surface area contributed by atoms with Crippen molar-refractivity contribution in [1.82, 2.24) is 5.32 Å². The van der Waals surface area contributed by atoms with Crippen LogP contribution in [0.3, 0.4) is 0 Å². The minimum Gasteiger partial charge on any atom is -0.309 e. The first-order valence-corrected chi connectivity index (χ1v) is 6.40. The van der Waals surface area contributed by atoms with Crippen molar-refractivity contribution in [2.75, 3.05) is 7.05 Å². The monoisotopic (exact) mass is 329 g/mol. The summed E-state index contributed by atoms with van der Waals surface area (Å²) in [4.78, 5) is 0. The van der Waals surface area contributed by atoms with E-state index < -0.39 is 23.5 Å². The first-order valence-electron chi connectivity index (χ1n) is 5.61. The van der Waals surface area contributed by atoms with Crippen LogP contribution in [0.25, 0.3) is 0 Å². The molecule has 2 rings (SSSR count). The lowest BCUT2D eigenvalue weighted by molar-refractivity contribution is 0.506. The molecule has 0 saturated carbocycles. The molecule has 100 valence electrons. The van der Waals surface area contributed by atoms with Crippen LogP contribution in [-0.2, 0) is 0 Å². The largest absolute Gasteiger partial charge is 0.309 e. The molecule has 0 spiro atoms. The van der Waals surface area contributed by atoms with Crippen molar-refractivity contribution in [1.29, 1.82) is 0 Å². The Hall–Kier alpha value is -1.33. The van der Waals surface area contributed by atoms with E-state index >= 15 is 0 Å². The van der Waals surface area contributed by atoms with Crippen molar-refractivity contribution >= 4 is 15.9 Å². The van der Waals surface area contributed by atoms with Gasteiger partial charge in [-0.3, -0.25) is 0 Å². The summed E-state index contributed by atoms with van der Waals surface area (Å²) < 4.78 is 41.9. The van der Waals surface area contributed by atoms with Gasteiger partial charge in [-0.05, 0) is 41.2 Å². The lowest BCUT2D eigenvalue weighted by Gasteiger charge is -2.19. The molecule has 0 aromatic heterocycles. The molecule has 5 heteroatoms. The highest BCUT2D eigenvalue weighted by molar-refractivity contribution is 9.10. The second-order valence-corrected chi connectivity index (χ2v) is 4.85. The molecular weight excluding hydrogens is 319 g/mol. The van der Waals surface area contributed by atoms with Gasteiger partial charge in [0.1, 0.15) is 17.5 Å². The molecule has 19 heavy (non-hydrogen) atoms. The molecule has 2 aromatic carbocycles. The van der Waals surface area contributed by atoms with E-state index in [1.807, 2.05) is 0 Å². The maximum absolute atomic E-state index is 14.1. The van der Waals surface area contributed by atoms with Gasteiger partial charge in [0.25, 0.3) is 0 Å². The summed E-state index contributed by atoms with van der Waals surface area (Å²) in [5.74, 6) is -1.96. The molecule has 2 aromatic rings. The molecule has 0 fully saturated rings. The van der Waals surface area contributed by atoms with Gasteiger partial charge in [0, 0.05) is 11.1 Å². The van der Waals surface area contributed by atoms with Gasteiger partial charge in [-0.15, -0.1) is 0 Å². The highest BCUT2D eigenvalue weighted by Crippen LogP contribution is 2.30. The standard InChI is InChI=1S/C14H11BrF3N/c1-19-14(8-4-2-5-9(15)13(8)18)12-10(16)6-3-7-11(12)17/h2-7,14,19H,1H3. The average molecular weight is 330 g/mol. The molecule has 0 radical (unpaired) electrons. The number of nitrogens with one attached hydrogen (secondary N) is 1. The first-order chi connectivity index (χ1) is 9.06. The second kappa shape index (κ2) is 5.75. The molecule has 1 atom stereocenters. The number of halogens is 4. The fourth-order valence-electron chi connectivity index (χ4n) is 1.99. The third-order valence-corrected chi connectivity index (χ3v) is 3.48. The summed E-state index contributed by atoms with van der Waals surface area (Å²) in [5.41, 5.74) is -0.0112. The van der Waals surface area contributed by atoms with Gasteiger partial charge in [-0.2, -0.15) is 0 Å². The number of hydrogen-bond acceptors (Lipinski definition) is 1. The Kier molecular flexibility index (Phi) is 4.27. The Morgan fingerprint density at radius 1 is 1.00 bits per heavy atom. The molecule has 0 aliphatic carbocycles. The third-order valence-electron chi connectivity index (χ3n) is 2.87. The van der Waals surface area contributed by atoms with Gasteiger partial charge >= 0.3 is 0 Å². The quantitative estimate of drug-likeness (QED) is 0.890. The van der Waals surface area contributed by atoms with Crippen LogP contribution >= 0.6 is 15.9 Å². The summed E-state index contributed by atoms with van der Waals surface area (Å²) in [6, 6.07) is 7.33. The summed E-state index contributed by atoms with van der Waals surface area (Å²) in [6.45, 7) is 0. The highest BCUT2D eigenvalue weighted by atomic mass is 79.9. The van der Waals surface area contributed by atoms with Crippen LogP contribution in [0.2, 0.25) is 0 Å². The van der Waals surface area contributed by atoms with Crippen molar-refractivity contribution in [3.05, 3.63) is 69.4 Å². The van der Waals surface area contributed by atoms with Crippen molar-refractivity contribution in [2.45, 2.75) is 6.04 Å². The van der Waals surface area contributed by atoms with Crippen LogP contribution in [0, 0.1) is 17.5 Å². The zero-order valence-corrected chi connectivity index (χ0v) is 11.6. The predicted octanol–water partition coefficient (Wildman–Crippen LogP) is 4.18. The van der Waals surface area contributed by atoms with Gasteiger partial charge in [0.15, 0.2) is 0 Å². The van der Waals surface area contributed by atoms with Gasteiger partial charge in [-0.1, -0.05) is 18.2 Å². The van der Waals surface area contributed by atoms with Crippen molar-refractivity contribution in [2.24, 2.45) is 0 Å². The van der Waals surface area contributed by atoms with Gasteiger partial charge in [-0.25, -0.2) is 13.2 Å². The zero-order valence-electron chi connectivity index (χ0n) is 10.1. The molecule has 0 bridgehead atoms. The number of hydrogen-bond donors (Lipinski definition) is 1. The Morgan fingerprint density at radius 2 is 1.58 bits per heavy atom. The molecule has 0 aliphatic heterocycles. The minimum atomic E-state index is -0.890. The molecule has 0 amide bonds. The van der Waals surface area contributed by atoms with Gasteiger partial charge in [0.2, 0.25) is 0 Å². The Balaban J connectivity index is 2.60. The molecular formula is C14H11BrF3N. The lowest BCUT2D eigenvalue weighted by Crippen LogP contribution is -2.21. The minimum absolute atomic E-state index is 0.181. The third kappa shape index (κ3) is 2.67. The molecule has 1 unspecified atom stereocenters. The van der Waals surface area contributed by atoms with Gasteiger partial charge < -0.3 is 5.32 Å². The smallest absolute Gasteiger partial charge is 0.142 e. The molecule has 0 saturated heterocycles. The van der Waals surface area contributed by atoms with E-state index in [0.717, 1.165) is 12.1 Å². The summed E-state index contributed by atoms with van der Waals surface area (Å²) in [7, 11) is 1.52. The predicted molar refractivity (Wildman–Crippen MR) is 71.4 cm³/mol. The molecule has 1 N–H and O–H groups in total. The highest BCUT2D eigenvalue weighted by Gasteiger charge is 2.23. The Morgan fingerprint density at radius 3 is 2.16 bits per heavy atom. The van der Waals surface area contributed by atoms with Gasteiger partial charge in [0.05, 0.1) is 10.5 Å². The Bertz CT molecular complexity index is 581. The summed E-state index contributed by atoms with van der Waals surface area (Å²) in [5, 5.41) is 2.74. The van der Waals surface area contributed by atoms with Crippen LogP contribution in [0.5, 0.6) is 0 Å². The Labute approximate surface area is 117 Å². The maximum atomic E-state index is 14.1. The molecule has 0 heterocycles. The zero-order chi connectivity index (χ0) is 14.0. The van der Waals surface area contributed by atoms with Crippen LogP contribution in [0.15, 0.2) is 40.9 Å². The van der Waals surface area contributed by atoms with E-state index in [4.69, 9.17) is 0 Å². The van der Waals surface area contributed by atoms with Crippen LogP contribution < -0.4 is 5.32 Å². The van der Waals surface area contributed by atoms with E-state index in [1.165, 1.54) is 25.2 Å². The fourth-order valence-corrected chi connectivity index (χ4v) is 2.37.